The SMILES string of the molecule is c1c[nH]c(-c2cnn(CCN3CCCC3)c2)c1. The van der Waals surface area contributed by atoms with Gasteiger partial charge in [0, 0.05) is 30.2 Å². The van der Waals surface area contributed by atoms with Gasteiger partial charge in [0.2, 0.25) is 0 Å². The third kappa shape index (κ3) is 2.42. The third-order valence-corrected chi connectivity index (χ3v) is 3.39. The zero-order valence-corrected chi connectivity index (χ0v) is 9.97. The molecular formula is C13H18N4. The molecule has 1 saturated heterocycles. The minimum absolute atomic E-state index is 0.987. The summed E-state index contributed by atoms with van der Waals surface area (Å²) in [5, 5.41) is 4.40. The molecule has 0 atom stereocenters. The second-order valence-corrected chi connectivity index (χ2v) is 4.62. The minimum Gasteiger partial charge on any atom is -0.361 e. The first kappa shape index (κ1) is 10.6. The summed E-state index contributed by atoms with van der Waals surface area (Å²) in [6.45, 7) is 4.61. The van der Waals surface area contributed by atoms with Gasteiger partial charge in [-0.25, -0.2) is 0 Å². The summed E-state index contributed by atoms with van der Waals surface area (Å²) < 4.78 is 2.04. The number of aromatic amines is 1. The fourth-order valence-electron chi connectivity index (χ4n) is 2.38. The average molecular weight is 230 g/mol. The molecule has 1 N–H and O–H groups in total. The van der Waals surface area contributed by atoms with Gasteiger partial charge in [0.25, 0.3) is 0 Å². The van der Waals surface area contributed by atoms with Crippen LogP contribution in [0.4, 0.5) is 0 Å². The largest absolute Gasteiger partial charge is 0.361 e. The van der Waals surface area contributed by atoms with Gasteiger partial charge in [0.1, 0.15) is 0 Å². The zero-order chi connectivity index (χ0) is 11.5. The summed E-state index contributed by atoms with van der Waals surface area (Å²) >= 11 is 0. The van der Waals surface area contributed by atoms with E-state index in [0.717, 1.165) is 24.3 Å². The molecule has 0 amide bonds. The lowest BCUT2D eigenvalue weighted by atomic mass is 10.3. The molecule has 0 aliphatic carbocycles. The van der Waals surface area contributed by atoms with E-state index in [-0.39, 0.29) is 0 Å². The molecule has 3 rings (SSSR count). The van der Waals surface area contributed by atoms with E-state index < -0.39 is 0 Å². The van der Waals surface area contributed by atoms with Crippen LogP contribution in [0.5, 0.6) is 0 Å². The van der Waals surface area contributed by atoms with E-state index in [2.05, 4.69) is 27.2 Å². The summed E-state index contributed by atoms with van der Waals surface area (Å²) in [6.07, 6.45) is 8.69. The molecular weight excluding hydrogens is 212 g/mol. The van der Waals surface area contributed by atoms with Crippen LogP contribution >= 0.6 is 0 Å². The molecule has 0 spiro atoms. The molecule has 90 valence electrons. The van der Waals surface area contributed by atoms with Gasteiger partial charge < -0.3 is 9.88 Å². The molecule has 2 aromatic rings. The molecule has 4 nitrogen and oxygen atoms in total. The fourth-order valence-corrected chi connectivity index (χ4v) is 2.38. The maximum absolute atomic E-state index is 4.40. The molecule has 1 aliphatic heterocycles. The van der Waals surface area contributed by atoms with Crippen LogP contribution in [0.2, 0.25) is 0 Å². The molecule has 0 saturated carbocycles. The quantitative estimate of drug-likeness (QED) is 0.872. The highest BCUT2D eigenvalue weighted by Gasteiger charge is 2.11. The number of nitrogens with zero attached hydrogens (tertiary/aromatic N) is 3. The first-order valence-electron chi connectivity index (χ1n) is 6.30. The molecule has 1 aliphatic rings. The van der Waals surface area contributed by atoms with Gasteiger partial charge in [-0.05, 0) is 38.1 Å². The van der Waals surface area contributed by atoms with Gasteiger partial charge in [0.05, 0.1) is 12.7 Å². The number of rotatable bonds is 4. The molecule has 4 heteroatoms. The Kier molecular flexibility index (Phi) is 2.96. The van der Waals surface area contributed by atoms with Crippen molar-refractivity contribution in [1.82, 2.24) is 19.7 Å². The molecule has 1 fully saturated rings. The normalized spacial score (nSPS) is 16.7. The van der Waals surface area contributed by atoms with Crippen molar-refractivity contribution in [2.24, 2.45) is 0 Å². The molecule has 2 aromatic heterocycles. The van der Waals surface area contributed by atoms with Gasteiger partial charge in [-0.1, -0.05) is 0 Å². The van der Waals surface area contributed by atoms with E-state index in [1.54, 1.807) is 0 Å². The van der Waals surface area contributed by atoms with E-state index in [0.29, 0.717) is 0 Å². The topological polar surface area (TPSA) is 36.9 Å². The summed E-state index contributed by atoms with van der Waals surface area (Å²) in [5.41, 5.74) is 2.30. The molecule has 0 aromatic carbocycles. The van der Waals surface area contributed by atoms with Gasteiger partial charge in [0.15, 0.2) is 0 Å². The van der Waals surface area contributed by atoms with Crippen LogP contribution in [0.3, 0.4) is 0 Å². The van der Waals surface area contributed by atoms with Gasteiger partial charge in [-0.2, -0.15) is 5.10 Å². The summed E-state index contributed by atoms with van der Waals surface area (Å²) in [4.78, 5) is 5.71. The van der Waals surface area contributed by atoms with Crippen LogP contribution in [0.15, 0.2) is 30.7 Å². The van der Waals surface area contributed by atoms with Crippen LogP contribution in [-0.4, -0.2) is 39.3 Å². The van der Waals surface area contributed by atoms with Crippen molar-refractivity contribution in [3.05, 3.63) is 30.7 Å². The van der Waals surface area contributed by atoms with E-state index in [1.807, 2.05) is 23.1 Å². The highest BCUT2D eigenvalue weighted by molar-refractivity contribution is 5.56. The van der Waals surface area contributed by atoms with Crippen molar-refractivity contribution in [1.29, 1.82) is 0 Å². The number of likely N-dealkylation sites (tertiary alicyclic amines) is 1. The lowest BCUT2D eigenvalue weighted by Crippen LogP contribution is -2.24. The van der Waals surface area contributed by atoms with E-state index in [4.69, 9.17) is 0 Å². The highest BCUT2D eigenvalue weighted by Crippen LogP contribution is 2.15. The highest BCUT2D eigenvalue weighted by atomic mass is 15.3. The molecule has 17 heavy (non-hydrogen) atoms. The molecule has 0 unspecified atom stereocenters. The van der Waals surface area contributed by atoms with Gasteiger partial charge >= 0.3 is 0 Å². The number of hydrogen-bond donors (Lipinski definition) is 1. The summed E-state index contributed by atoms with van der Waals surface area (Å²) in [5.74, 6) is 0. The van der Waals surface area contributed by atoms with E-state index in [9.17, 15) is 0 Å². The smallest absolute Gasteiger partial charge is 0.0583 e. The van der Waals surface area contributed by atoms with Gasteiger partial charge in [-0.3, -0.25) is 4.68 Å². The van der Waals surface area contributed by atoms with Gasteiger partial charge in [-0.15, -0.1) is 0 Å². The number of nitrogens with one attached hydrogen (secondary N) is 1. The van der Waals surface area contributed by atoms with Crippen molar-refractivity contribution >= 4 is 0 Å². The second kappa shape index (κ2) is 4.75. The lowest BCUT2D eigenvalue weighted by molar-refractivity contribution is 0.316. The van der Waals surface area contributed by atoms with Crippen molar-refractivity contribution in [3.8, 4) is 11.3 Å². The predicted molar refractivity (Wildman–Crippen MR) is 67.7 cm³/mol. The van der Waals surface area contributed by atoms with Crippen LogP contribution in [0, 0.1) is 0 Å². The zero-order valence-electron chi connectivity index (χ0n) is 9.97. The minimum atomic E-state index is 0.987. The number of hydrogen-bond acceptors (Lipinski definition) is 2. The lowest BCUT2D eigenvalue weighted by Gasteiger charge is -2.13. The Bertz CT molecular complexity index is 451. The van der Waals surface area contributed by atoms with Crippen molar-refractivity contribution in [2.75, 3.05) is 19.6 Å². The Balaban J connectivity index is 1.60. The van der Waals surface area contributed by atoms with Crippen LogP contribution in [0.1, 0.15) is 12.8 Å². The van der Waals surface area contributed by atoms with Crippen LogP contribution in [0.25, 0.3) is 11.3 Å². The molecule has 0 bridgehead atoms. The molecule has 0 radical (unpaired) electrons. The third-order valence-electron chi connectivity index (χ3n) is 3.39. The average Bonchev–Trinajstić information content (AvgIpc) is 3.09. The maximum Gasteiger partial charge on any atom is 0.0583 e. The maximum atomic E-state index is 4.40. The number of H-pyrrole nitrogens is 1. The Hall–Kier alpha value is -1.55. The Labute approximate surface area is 101 Å². The second-order valence-electron chi connectivity index (χ2n) is 4.62. The molecule has 3 heterocycles. The van der Waals surface area contributed by atoms with Crippen molar-refractivity contribution in [3.63, 3.8) is 0 Å². The van der Waals surface area contributed by atoms with Crippen molar-refractivity contribution < 1.29 is 0 Å². The Morgan fingerprint density at radius 3 is 2.88 bits per heavy atom. The van der Waals surface area contributed by atoms with E-state index in [1.165, 1.54) is 25.9 Å². The Morgan fingerprint density at radius 2 is 2.12 bits per heavy atom. The van der Waals surface area contributed by atoms with Crippen LogP contribution < -0.4 is 0 Å². The fraction of sp³-hybridized carbons (Fsp3) is 0.462. The summed E-state index contributed by atoms with van der Waals surface area (Å²) in [6, 6.07) is 4.08. The first-order valence-corrected chi connectivity index (χ1v) is 6.30. The first-order chi connectivity index (χ1) is 8.42. The van der Waals surface area contributed by atoms with E-state index >= 15 is 0 Å². The summed E-state index contributed by atoms with van der Waals surface area (Å²) in [7, 11) is 0. The number of aromatic nitrogens is 3. The predicted octanol–water partition coefficient (Wildman–Crippen LogP) is 1.97. The van der Waals surface area contributed by atoms with Crippen molar-refractivity contribution in [2.45, 2.75) is 19.4 Å². The standard InChI is InChI=1S/C13H18N4/c1-2-7-16(6-1)8-9-17-11-12(10-15-17)13-4-3-5-14-13/h3-5,10-11,14H,1-2,6-9H2. The monoisotopic (exact) mass is 230 g/mol. The van der Waals surface area contributed by atoms with Crippen LogP contribution in [-0.2, 0) is 6.54 Å². The Morgan fingerprint density at radius 1 is 1.24 bits per heavy atom.